The van der Waals surface area contributed by atoms with E-state index in [0.717, 1.165) is 30.0 Å². The Kier molecular flexibility index (Phi) is 3.37. The highest BCUT2D eigenvalue weighted by Crippen LogP contribution is 2.14. The van der Waals surface area contributed by atoms with Gasteiger partial charge >= 0.3 is 0 Å². The molecule has 1 saturated heterocycles. The minimum absolute atomic E-state index is 0.357. The van der Waals surface area contributed by atoms with Crippen LogP contribution in [0.2, 0.25) is 0 Å². The molecule has 2 heterocycles. The van der Waals surface area contributed by atoms with Crippen molar-refractivity contribution in [3.63, 3.8) is 0 Å². The smallest absolute Gasteiger partial charge is 0.127 e. The fraction of sp³-hybridized carbons (Fsp3) is 0.500. The van der Waals surface area contributed by atoms with Crippen LogP contribution in [0.4, 0.5) is 5.82 Å². The van der Waals surface area contributed by atoms with Crippen LogP contribution >= 0.6 is 15.9 Å². The summed E-state index contributed by atoms with van der Waals surface area (Å²) in [5.74, 6) is 0.898. The summed E-state index contributed by atoms with van der Waals surface area (Å²) in [5, 5.41) is 3.26. The number of hydrogen-bond acceptors (Lipinski definition) is 3. The summed E-state index contributed by atoms with van der Waals surface area (Å²) < 4.78 is 6.36. The van der Waals surface area contributed by atoms with Crippen LogP contribution in [0.3, 0.4) is 0 Å². The third-order valence-corrected chi connectivity index (χ3v) is 2.69. The van der Waals surface area contributed by atoms with E-state index in [1.807, 2.05) is 18.2 Å². The average Bonchev–Trinajstić information content (AvgIpc) is 2.67. The molecule has 1 aromatic heterocycles. The lowest BCUT2D eigenvalue weighted by molar-refractivity contribution is 0.120. The summed E-state index contributed by atoms with van der Waals surface area (Å²) in [7, 11) is 0. The Balaban J connectivity index is 1.85. The highest BCUT2D eigenvalue weighted by Gasteiger charge is 2.14. The summed E-state index contributed by atoms with van der Waals surface area (Å²) in [6.07, 6.45) is 2.69. The maximum absolute atomic E-state index is 5.50. The van der Waals surface area contributed by atoms with Gasteiger partial charge in [0, 0.05) is 13.2 Å². The zero-order valence-electron chi connectivity index (χ0n) is 7.87. The molecule has 1 aromatic rings. The van der Waals surface area contributed by atoms with Crippen molar-refractivity contribution < 1.29 is 4.74 Å². The molecule has 0 bridgehead atoms. The van der Waals surface area contributed by atoms with Crippen LogP contribution in [0, 0.1) is 0 Å². The molecule has 1 N–H and O–H groups in total. The molecular weight excluding hydrogens is 244 g/mol. The van der Waals surface area contributed by atoms with Crippen molar-refractivity contribution >= 4 is 21.7 Å². The van der Waals surface area contributed by atoms with Gasteiger partial charge in [0.1, 0.15) is 10.4 Å². The predicted octanol–water partition coefficient (Wildman–Crippen LogP) is 2.44. The standard InChI is InChI=1S/C10H13BrN2O/c11-9-4-1-5-10(13-9)12-7-8-3-2-6-14-8/h1,4-5,8H,2-3,6-7H2,(H,12,13). The Morgan fingerprint density at radius 3 is 3.21 bits per heavy atom. The third-order valence-electron chi connectivity index (χ3n) is 2.25. The molecule has 0 amide bonds. The van der Waals surface area contributed by atoms with E-state index in [1.54, 1.807) is 0 Å². The SMILES string of the molecule is Brc1cccc(NCC2CCCO2)n1. The number of nitrogens with zero attached hydrogens (tertiary/aromatic N) is 1. The van der Waals surface area contributed by atoms with E-state index in [0.29, 0.717) is 6.10 Å². The highest BCUT2D eigenvalue weighted by molar-refractivity contribution is 9.10. The van der Waals surface area contributed by atoms with Crippen LogP contribution in [-0.2, 0) is 4.74 Å². The lowest BCUT2D eigenvalue weighted by atomic mass is 10.2. The number of halogens is 1. The predicted molar refractivity (Wildman–Crippen MR) is 59.4 cm³/mol. The molecule has 1 aliphatic heterocycles. The quantitative estimate of drug-likeness (QED) is 0.844. The molecule has 1 atom stereocenters. The summed E-state index contributed by atoms with van der Waals surface area (Å²) in [6.45, 7) is 1.75. The molecule has 0 aliphatic carbocycles. The van der Waals surface area contributed by atoms with Crippen LogP contribution < -0.4 is 5.32 Å². The van der Waals surface area contributed by atoms with E-state index < -0.39 is 0 Å². The molecule has 0 radical (unpaired) electrons. The molecule has 14 heavy (non-hydrogen) atoms. The van der Waals surface area contributed by atoms with Crippen molar-refractivity contribution in [3.05, 3.63) is 22.8 Å². The van der Waals surface area contributed by atoms with Crippen molar-refractivity contribution in [1.82, 2.24) is 4.98 Å². The van der Waals surface area contributed by atoms with E-state index in [9.17, 15) is 0 Å². The second-order valence-electron chi connectivity index (χ2n) is 3.36. The fourth-order valence-electron chi connectivity index (χ4n) is 1.53. The van der Waals surface area contributed by atoms with Crippen LogP contribution in [0.5, 0.6) is 0 Å². The fourth-order valence-corrected chi connectivity index (χ4v) is 1.87. The number of anilines is 1. The number of nitrogens with one attached hydrogen (secondary N) is 1. The van der Waals surface area contributed by atoms with Gasteiger partial charge in [-0.2, -0.15) is 0 Å². The average molecular weight is 257 g/mol. The van der Waals surface area contributed by atoms with Crippen LogP contribution in [-0.4, -0.2) is 24.2 Å². The minimum atomic E-state index is 0.357. The van der Waals surface area contributed by atoms with E-state index >= 15 is 0 Å². The molecule has 76 valence electrons. The molecule has 3 nitrogen and oxygen atoms in total. The van der Waals surface area contributed by atoms with Crippen molar-refractivity contribution in [2.45, 2.75) is 18.9 Å². The normalized spacial score (nSPS) is 21.1. The van der Waals surface area contributed by atoms with Crippen LogP contribution in [0.25, 0.3) is 0 Å². The first-order valence-electron chi connectivity index (χ1n) is 4.82. The number of hydrogen-bond donors (Lipinski definition) is 1. The zero-order chi connectivity index (χ0) is 9.80. The van der Waals surface area contributed by atoms with Crippen molar-refractivity contribution in [1.29, 1.82) is 0 Å². The first-order valence-corrected chi connectivity index (χ1v) is 5.62. The summed E-state index contributed by atoms with van der Waals surface area (Å²) >= 11 is 3.33. The Hall–Kier alpha value is -0.610. The monoisotopic (exact) mass is 256 g/mol. The Morgan fingerprint density at radius 1 is 1.57 bits per heavy atom. The molecule has 4 heteroatoms. The van der Waals surface area contributed by atoms with Gasteiger partial charge in [-0.1, -0.05) is 6.07 Å². The highest BCUT2D eigenvalue weighted by atomic mass is 79.9. The van der Waals surface area contributed by atoms with Crippen molar-refractivity contribution in [2.24, 2.45) is 0 Å². The number of aromatic nitrogens is 1. The number of ether oxygens (including phenoxy) is 1. The van der Waals surface area contributed by atoms with Crippen molar-refractivity contribution in [2.75, 3.05) is 18.5 Å². The third kappa shape index (κ3) is 2.69. The van der Waals surface area contributed by atoms with Gasteiger partial charge in [0.15, 0.2) is 0 Å². The van der Waals surface area contributed by atoms with Gasteiger partial charge < -0.3 is 10.1 Å². The van der Waals surface area contributed by atoms with Crippen LogP contribution in [0.15, 0.2) is 22.8 Å². The maximum atomic E-state index is 5.50. The summed E-state index contributed by atoms with van der Waals surface area (Å²) in [5.41, 5.74) is 0. The minimum Gasteiger partial charge on any atom is -0.376 e. The zero-order valence-corrected chi connectivity index (χ0v) is 9.46. The molecule has 1 unspecified atom stereocenters. The summed E-state index contributed by atoms with van der Waals surface area (Å²) in [6, 6.07) is 5.84. The lowest BCUT2D eigenvalue weighted by Gasteiger charge is -2.10. The Bertz CT molecular complexity index is 300. The van der Waals surface area contributed by atoms with Gasteiger partial charge in [0.25, 0.3) is 0 Å². The maximum Gasteiger partial charge on any atom is 0.127 e. The first kappa shape index (κ1) is 9.93. The molecule has 0 aromatic carbocycles. The second-order valence-corrected chi connectivity index (χ2v) is 4.17. The number of rotatable bonds is 3. The molecule has 1 aliphatic rings. The van der Waals surface area contributed by atoms with Gasteiger partial charge in [-0.15, -0.1) is 0 Å². The molecule has 0 spiro atoms. The van der Waals surface area contributed by atoms with Crippen molar-refractivity contribution in [3.8, 4) is 0 Å². The largest absolute Gasteiger partial charge is 0.376 e. The second kappa shape index (κ2) is 4.75. The van der Waals surface area contributed by atoms with Gasteiger partial charge in [-0.05, 0) is 40.9 Å². The lowest BCUT2D eigenvalue weighted by Crippen LogP contribution is -2.18. The molecular formula is C10H13BrN2O. The molecule has 1 fully saturated rings. The number of pyridine rings is 1. The first-order chi connectivity index (χ1) is 6.84. The molecule has 0 saturated carbocycles. The summed E-state index contributed by atoms with van der Waals surface area (Å²) in [4.78, 5) is 4.28. The van der Waals surface area contributed by atoms with E-state index in [1.165, 1.54) is 6.42 Å². The van der Waals surface area contributed by atoms with Gasteiger partial charge in [0.2, 0.25) is 0 Å². The van der Waals surface area contributed by atoms with E-state index in [4.69, 9.17) is 4.74 Å². The van der Waals surface area contributed by atoms with E-state index in [-0.39, 0.29) is 0 Å². The van der Waals surface area contributed by atoms with Gasteiger partial charge in [-0.25, -0.2) is 4.98 Å². The van der Waals surface area contributed by atoms with Crippen LogP contribution in [0.1, 0.15) is 12.8 Å². The topological polar surface area (TPSA) is 34.1 Å². The Morgan fingerprint density at radius 2 is 2.50 bits per heavy atom. The Labute approximate surface area is 92.0 Å². The van der Waals surface area contributed by atoms with Gasteiger partial charge in [-0.3, -0.25) is 0 Å². The molecule has 2 rings (SSSR count). The van der Waals surface area contributed by atoms with Gasteiger partial charge in [0.05, 0.1) is 6.10 Å². The van der Waals surface area contributed by atoms with E-state index in [2.05, 4.69) is 26.2 Å².